The van der Waals surface area contributed by atoms with Gasteiger partial charge in [-0.15, -0.1) is 0 Å². The van der Waals surface area contributed by atoms with Crippen LogP contribution >= 0.6 is 0 Å². The number of methoxy groups -OCH3 is 1. The first-order chi connectivity index (χ1) is 18.0. The van der Waals surface area contributed by atoms with Crippen molar-refractivity contribution in [2.75, 3.05) is 20.2 Å². The van der Waals surface area contributed by atoms with Crippen LogP contribution in [0.1, 0.15) is 72.3 Å². The van der Waals surface area contributed by atoms with E-state index in [2.05, 4.69) is 21.7 Å². The second-order valence-electron chi connectivity index (χ2n) is 10.1. The van der Waals surface area contributed by atoms with Crippen LogP contribution in [0, 0.1) is 0 Å². The minimum absolute atomic E-state index is 0.145. The molecule has 196 valence electrons. The Labute approximate surface area is 216 Å². The maximum atomic E-state index is 12.6. The summed E-state index contributed by atoms with van der Waals surface area (Å²) in [5.41, 5.74) is 2.82. The van der Waals surface area contributed by atoms with Gasteiger partial charge in [0.05, 0.1) is 13.2 Å². The average Bonchev–Trinajstić information content (AvgIpc) is 3.20. The first-order valence-electron chi connectivity index (χ1n) is 13.2. The smallest absolute Gasteiger partial charge is 0.255 e. The number of amides is 3. The van der Waals surface area contributed by atoms with Crippen LogP contribution in [0.3, 0.4) is 0 Å². The van der Waals surface area contributed by atoms with Gasteiger partial charge in [0, 0.05) is 49.8 Å². The van der Waals surface area contributed by atoms with Crippen LogP contribution in [0.15, 0.2) is 36.5 Å². The summed E-state index contributed by atoms with van der Waals surface area (Å²) in [6.07, 6.45) is 8.66. The molecule has 4 aliphatic rings. The van der Waals surface area contributed by atoms with Crippen LogP contribution in [-0.2, 0) is 16.1 Å². The lowest BCUT2D eigenvalue weighted by molar-refractivity contribution is -0.136. The summed E-state index contributed by atoms with van der Waals surface area (Å²) in [6, 6.07) is 8.99. The summed E-state index contributed by atoms with van der Waals surface area (Å²) in [4.78, 5) is 41.7. The summed E-state index contributed by atoms with van der Waals surface area (Å²) in [5, 5.41) is 5.55. The molecule has 3 amide bonds. The third-order valence-electron chi connectivity index (χ3n) is 7.57. The number of hydrogen-bond donors (Lipinski definition) is 2. The van der Waals surface area contributed by atoms with Gasteiger partial charge in [0.2, 0.25) is 17.7 Å². The lowest BCUT2D eigenvalue weighted by Crippen LogP contribution is -2.52. The number of nitrogens with one attached hydrogen (secondary N) is 2. The quantitative estimate of drug-likeness (QED) is 0.600. The summed E-state index contributed by atoms with van der Waals surface area (Å²) in [7, 11) is 1.63. The van der Waals surface area contributed by atoms with Crippen LogP contribution in [0.5, 0.6) is 11.6 Å². The Morgan fingerprint density at radius 3 is 2.46 bits per heavy atom. The van der Waals surface area contributed by atoms with Crippen LogP contribution in [0.25, 0.3) is 0 Å². The second kappa shape index (κ2) is 11.3. The molecule has 2 N–H and O–H groups in total. The Balaban J connectivity index is 0.000000195. The van der Waals surface area contributed by atoms with Gasteiger partial charge < -0.3 is 19.7 Å². The normalized spacial score (nSPS) is 21.9. The third-order valence-corrected chi connectivity index (χ3v) is 7.57. The van der Waals surface area contributed by atoms with E-state index in [0.29, 0.717) is 30.3 Å². The highest BCUT2D eigenvalue weighted by molar-refractivity contribution is 6.05. The molecule has 0 radical (unpaired) electrons. The van der Waals surface area contributed by atoms with E-state index in [1.165, 1.54) is 24.8 Å². The number of carbonyl (C=O) groups is 3. The zero-order valence-corrected chi connectivity index (χ0v) is 21.2. The Morgan fingerprint density at radius 2 is 1.81 bits per heavy atom. The minimum Gasteiger partial charge on any atom is -0.490 e. The molecule has 3 fully saturated rings. The predicted molar refractivity (Wildman–Crippen MR) is 136 cm³/mol. The molecule has 1 saturated carbocycles. The van der Waals surface area contributed by atoms with Crippen LogP contribution in [0.2, 0.25) is 0 Å². The maximum Gasteiger partial charge on any atom is 0.255 e. The van der Waals surface area contributed by atoms with Crippen LogP contribution < -0.4 is 20.1 Å². The topological polar surface area (TPSA) is 110 Å². The molecule has 9 heteroatoms. The molecule has 4 heterocycles. The molecule has 1 aromatic carbocycles. The number of aromatic nitrogens is 1. The Morgan fingerprint density at radius 1 is 1.00 bits per heavy atom. The number of piperidine rings is 1. The number of nitrogens with zero attached hydrogens (tertiary/aromatic N) is 2. The molecule has 2 aromatic rings. The standard InChI is InChI=1S/C19H22N2O4.C9H12N2O/c22-17-9-8-16(18(23)20-17)21-11-12-10-14(6-7-15(12)19(21)24)25-13-4-2-1-3-5-13;1-12-9-3-2-7(6-11-9)8-4-10-5-8/h6-7,10,13,16H,1-5,8-9,11H2,(H,20,22,23);2-3,6,8,10H,4-5H2,1H3. The van der Waals surface area contributed by atoms with Crippen molar-refractivity contribution in [1.82, 2.24) is 20.5 Å². The number of hydrogen-bond acceptors (Lipinski definition) is 7. The monoisotopic (exact) mass is 506 g/mol. The summed E-state index contributed by atoms with van der Waals surface area (Å²) in [5.74, 6) is 1.34. The van der Waals surface area contributed by atoms with Gasteiger partial charge in [-0.1, -0.05) is 12.5 Å². The molecule has 2 saturated heterocycles. The lowest BCUT2D eigenvalue weighted by atomic mass is 9.95. The molecule has 1 atom stereocenters. The van der Waals surface area contributed by atoms with E-state index in [1.54, 1.807) is 18.1 Å². The molecule has 1 aliphatic carbocycles. The summed E-state index contributed by atoms with van der Waals surface area (Å²) < 4.78 is 11.1. The number of fused-ring (bicyclic) bond motifs is 1. The molecule has 37 heavy (non-hydrogen) atoms. The second-order valence-corrected chi connectivity index (χ2v) is 10.1. The van der Waals surface area contributed by atoms with E-state index in [4.69, 9.17) is 9.47 Å². The first-order valence-corrected chi connectivity index (χ1v) is 13.2. The number of ether oxygens (including phenoxy) is 2. The van der Waals surface area contributed by atoms with E-state index in [-0.39, 0.29) is 30.2 Å². The van der Waals surface area contributed by atoms with Gasteiger partial charge in [-0.2, -0.15) is 0 Å². The molecule has 0 spiro atoms. The van der Waals surface area contributed by atoms with Gasteiger partial charge in [-0.05, 0) is 61.4 Å². The molecule has 9 nitrogen and oxygen atoms in total. The Kier molecular flexibility index (Phi) is 7.69. The van der Waals surface area contributed by atoms with Gasteiger partial charge >= 0.3 is 0 Å². The number of pyridine rings is 1. The first kappa shape index (κ1) is 25.2. The van der Waals surface area contributed by atoms with Crippen molar-refractivity contribution in [2.24, 2.45) is 0 Å². The van der Waals surface area contributed by atoms with E-state index in [9.17, 15) is 14.4 Å². The fourth-order valence-electron chi connectivity index (χ4n) is 5.28. The van der Waals surface area contributed by atoms with Crippen LogP contribution in [0.4, 0.5) is 0 Å². The van der Waals surface area contributed by atoms with Gasteiger partial charge in [0.1, 0.15) is 11.8 Å². The van der Waals surface area contributed by atoms with Crippen molar-refractivity contribution in [3.05, 3.63) is 53.2 Å². The number of carbonyl (C=O) groups excluding carboxylic acids is 3. The third kappa shape index (κ3) is 5.77. The molecular weight excluding hydrogens is 472 g/mol. The van der Waals surface area contributed by atoms with Crippen molar-refractivity contribution >= 4 is 17.7 Å². The Hall–Kier alpha value is -3.46. The van der Waals surface area contributed by atoms with E-state index in [1.807, 2.05) is 24.4 Å². The van der Waals surface area contributed by atoms with E-state index >= 15 is 0 Å². The highest BCUT2D eigenvalue weighted by Crippen LogP contribution is 2.31. The molecule has 0 bridgehead atoms. The zero-order valence-electron chi connectivity index (χ0n) is 21.2. The fourth-order valence-corrected chi connectivity index (χ4v) is 5.28. The highest BCUT2D eigenvalue weighted by Gasteiger charge is 2.39. The van der Waals surface area contributed by atoms with E-state index < -0.39 is 6.04 Å². The highest BCUT2D eigenvalue weighted by atomic mass is 16.5. The largest absolute Gasteiger partial charge is 0.490 e. The fraction of sp³-hybridized carbons (Fsp3) is 0.500. The SMILES string of the molecule is COc1ccc(C2CNC2)cn1.O=C1CCC(N2Cc3cc(OC4CCCCC4)ccc3C2=O)C(=O)N1. The molecule has 6 rings (SSSR count). The lowest BCUT2D eigenvalue weighted by Gasteiger charge is -2.29. The average molecular weight is 507 g/mol. The van der Waals surface area contributed by atoms with Crippen molar-refractivity contribution < 1.29 is 23.9 Å². The van der Waals surface area contributed by atoms with Gasteiger partial charge in [0.25, 0.3) is 5.91 Å². The van der Waals surface area contributed by atoms with Crippen molar-refractivity contribution in [3.63, 3.8) is 0 Å². The number of imide groups is 1. The van der Waals surface area contributed by atoms with E-state index in [0.717, 1.165) is 37.2 Å². The number of rotatable bonds is 5. The molecular formula is C28H34N4O5. The van der Waals surface area contributed by atoms with Gasteiger partial charge in [-0.25, -0.2) is 4.98 Å². The zero-order chi connectivity index (χ0) is 25.8. The molecule has 1 aromatic heterocycles. The summed E-state index contributed by atoms with van der Waals surface area (Å²) >= 11 is 0. The van der Waals surface area contributed by atoms with Crippen molar-refractivity contribution in [3.8, 4) is 11.6 Å². The van der Waals surface area contributed by atoms with Crippen LogP contribution in [-0.4, -0.2) is 60.0 Å². The van der Waals surface area contributed by atoms with Crippen molar-refractivity contribution in [1.29, 1.82) is 0 Å². The van der Waals surface area contributed by atoms with Gasteiger partial charge in [-0.3, -0.25) is 19.7 Å². The molecule has 1 unspecified atom stereocenters. The summed E-state index contributed by atoms with van der Waals surface area (Å²) in [6.45, 7) is 2.55. The minimum atomic E-state index is -0.569. The molecule has 3 aliphatic heterocycles. The predicted octanol–water partition coefficient (Wildman–Crippen LogP) is 2.94. The van der Waals surface area contributed by atoms with Gasteiger partial charge in [0.15, 0.2) is 0 Å². The maximum absolute atomic E-state index is 12.6. The van der Waals surface area contributed by atoms with Crippen molar-refractivity contribution in [2.45, 2.75) is 69.6 Å². The Bertz CT molecular complexity index is 1140. The number of benzene rings is 1.